The summed E-state index contributed by atoms with van der Waals surface area (Å²) in [6.07, 6.45) is 1.46. The highest BCUT2D eigenvalue weighted by molar-refractivity contribution is 6.33. The minimum absolute atomic E-state index is 0.687. The second-order valence-corrected chi connectivity index (χ2v) is 4.30. The smallest absolute Gasteiger partial charge is 0.181 e. The lowest BCUT2D eigenvalue weighted by atomic mass is 10.1. The Hall–Kier alpha value is -1.32. The number of aryl methyl sites for hydroxylation is 1. The van der Waals surface area contributed by atoms with Crippen LogP contribution in [0.2, 0.25) is 5.02 Å². The molecule has 0 aliphatic heterocycles. The van der Waals surface area contributed by atoms with Crippen molar-refractivity contribution in [1.82, 2.24) is 10.3 Å². The number of rotatable bonds is 4. The van der Waals surface area contributed by atoms with Gasteiger partial charge in [-0.2, -0.15) is 0 Å². The zero-order valence-electron chi connectivity index (χ0n) is 9.96. The predicted octanol–water partition coefficient (Wildman–Crippen LogP) is 3.41. The Morgan fingerprint density at radius 3 is 2.94 bits per heavy atom. The monoisotopic (exact) mass is 250 g/mol. The highest BCUT2D eigenvalue weighted by Gasteiger charge is 2.13. The number of hydrogen-bond donors (Lipinski definition) is 1. The van der Waals surface area contributed by atoms with E-state index in [1.54, 1.807) is 0 Å². The van der Waals surface area contributed by atoms with Crippen molar-refractivity contribution in [2.24, 2.45) is 0 Å². The topological polar surface area (TPSA) is 38.1 Å². The quantitative estimate of drug-likeness (QED) is 0.904. The second kappa shape index (κ2) is 5.34. The van der Waals surface area contributed by atoms with Crippen molar-refractivity contribution in [3.8, 4) is 11.3 Å². The molecule has 2 rings (SSSR count). The molecule has 0 spiro atoms. The molecule has 90 valence electrons. The number of nitrogens with one attached hydrogen (secondary N) is 1. The third-order valence-corrected chi connectivity index (χ3v) is 2.87. The number of halogens is 1. The van der Waals surface area contributed by atoms with E-state index in [9.17, 15) is 0 Å². The lowest BCUT2D eigenvalue weighted by Gasteiger charge is -2.05. The number of hydrogen-bond acceptors (Lipinski definition) is 3. The van der Waals surface area contributed by atoms with Crippen LogP contribution in [-0.4, -0.2) is 11.5 Å². The molecule has 0 aliphatic rings. The Balaban J connectivity index is 2.35. The van der Waals surface area contributed by atoms with Gasteiger partial charge in [0, 0.05) is 12.1 Å². The molecule has 4 heteroatoms. The number of benzene rings is 1. The Labute approximate surface area is 106 Å². The summed E-state index contributed by atoms with van der Waals surface area (Å²) in [6, 6.07) is 5.91. The largest absolute Gasteiger partial charge is 0.443 e. The van der Waals surface area contributed by atoms with Crippen LogP contribution in [0.15, 0.2) is 29.0 Å². The van der Waals surface area contributed by atoms with Gasteiger partial charge in [0.15, 0.2) is 12.2 Å². The predicted molar refractivity (Wildman–Crippen MR) is 69.1 cm³/mol. The molecule has 0 amide bonds. The van der Waals surface area contributed by atoms with E-state index in [1.807, 2.05) is 25.1 Å². The van der Waals surface area contributed by atoms with E-state index in [0.717, 1.165) is 29.1 Å². The van der Waals surface area contributed by atoms with Crippen LogP contribution in [0.5, 0.6) is 0 Å². The number of aromatic nitrogens is 1. The fourth-order valence-corrected chi connectivity index (χ4v) is 1.98. The fraction of sp³-hybridized carbons (Fsp3) is 0.308. The third kappa shape index (κ3) is 2.68. The fourth-order valence-electron chi connectivity index (χ4n) is 1.66. The van der Waals surface area contributed by atoms with Gasteiger partial charge in [0.05, 0.1) is 5.02 Å². The number of oxazole rings is 1. The average Bonchev–Trinajstić information content (AvgIpc) is 2.74. The lowest BCUT2D eigenvalue weighted by Crippen LogP contribution is -2.12. The molecule has 17 heavy (non-hydrogen) atoms. The summed E-state index contributed by atoms with van der Waals surface area (Å²) < 4.78 is 5.43. The van der Waals surface area contributed by atoms with Gasteiger partial charge in [0.25, 0.3) is 0 Å². The maximum Gasteiger partial charge on any atom is 0.181 e. The van der Waals surface area contributed by atoms with Gasteiger partial charge in [0.1, 0.15) is 5.69 Å². The van der Waals surface area contributed by atoms with E-state index >= 15 is 0 Å². The van der Waals surface area contributed by atoms with Gasteiger partial charge in [-0.1, -0.05) is 24.6 Å². The average molecular weight is 251 g/mol. The molecule has 0 bridgehead atoms. The molecule has 3 nitrogen and oxygen atoms in total. The van der Waals surface area contributed by atoms with Gasteiger partial charge < -0.3 is 9.73 Å². The van der Waals surface area contributed by atoms with Crippen molar-refractivity contribution in [2.75, 3.05) is 6.54 Å². The van der Waals surface area contributed by atoms with Crippen molar-refractivity contribution in [3.05, 3.63) is 40.9 Å². The Morgan fingerprint density at radius 1 is 1.41 bits per heavy atom. The van der Waals surface area contributed by atoms with E-state index in [-0.39, 0.29) is 0 Å². The Morgan fingerprint density at radius 2 is 2.24 bits per heavy atom. The summed E-state index contributed by atoms with van der Waals surface area (Å²) in [4.78, 5) is 4.21. The summed E-state index contributed by atoms with van der Waals surface area (Å²) in [7, 11) is 0. The van der Waals surface area contributed by atoms with Crippen molar-refractivity contribution >= 4 is 11.6 Å². The van der Waals surface area contributed by atoms with Crippen LogP contribution in [0, 0.1) is 6.92 Å². The molecule has 0 saturated carbocycles. The molecule has 1 N–H and O–H groups in total. The van der Waals surface area contributed by atoms with Crippen LogP contribution in [0.3, 0.4) is 0 Å². The van der Waals surface area contributed by atoms with Gasteiger partial charge in [-0.25, -0.2) is 4.98 Å². The van der Waals surface area contributed by atoms with Crippen LogP contribution in [0.1, 0.15) is 18.2 Å². The van der Waals surface area contributed by atoms with E-state index < -0.39 is 0 Å². The zero-order valence-corrected chi connectivity index (χ0v) is 10.7. The van der Waals surface area contributed by atoms with Crippen LogP contribution >= 0.6 is 11.6 Å². The molecule has 0 radical (unpaired) electrons. The van der Waals surface area contributed by atoms with E-state index in [4.69, 9.17) is 16.0 Å². The standard InChI is InChI=1S/C13H15ClN2O/c1-3-15-7-12-13(17-8-16-12)10-5-4-9(2)6-11(10)14/h4-6,8,15H,3,7H2,1-2H3. The summed E-state index contributed by atoms with van der Waals surface area (Å²) in [5, 5.41) is 3.92. The molecular weight excluding hydrogens is 236 g/mol. The summed E-state index contributed by atoms with van der Waals surface area (Å²) in [5.41, 5.74) is 2.91. The van der Waals surface area contributed by atoms with Gasteiger partial charge in [0.2, 0.25) is 0 Å². The summed E-state index contributed by atoms with van der Waals surface area (Å²) in [5.74, 6) is 0.746. The van der Waals surface area contributed by atoms with Gasteiger partial charge in [-0.3, -0.25) is 0 Å². The highest BCUT2D eigenvalue weighted by Crippen LogP contribution is 2.30. The molecule has 2 aromatic rings. The minimum atomic E-state index is 0.687. The summed E-state index contributed by atoms with van der Waals surface area (Å²) >= 11 is 6.22. The first kappa shape index (κ1) is 12.1. The molecule has 1 aromatic heterocycles. The number of nitrogens with zero attached hydrogens (tertiary/aromatic N) is 1. The first-order valence-corrected chi connectivity index (χ1v) is 5.99. The third-order valence-electron chi connectivity index (χ3n) is 2.55. The Bertz CT molecular complexity index is 508. The SMILES string of the molecule is CCNCc1ncoc1-c1ccc(C)cc1Cl. The van der Waals surface area contributed by atoms with Crippen LogP contribution in [-0.2, 0) is 6.54 Å². The van der Waals surface area contributed by atoms with Crippen molar-refractivity contribution in [2.45, 2.75) is 20.4 Å². The zero-order chi connectivity index (χ0) is 12.3. The van der Waals surface area contributed by atoms with Crippen LogP contribution in [0.25, 0.3) is 11.3 Å². The van der Waals surface area contributed by atoms with Gasteiger partial charge >= 0.3 is 0 Å². The van der Waals surface area contributed by atoms with Gasteiger partial charge in [-0.05, 0) is 31.2 Å². The maximum absolute atomic E-state index is 6.22. The second-order valence-electron chi connectivity index (χ2n) is 3.89. The molecule has 1 aromatic carbocycles. The first-order chi connectivity index (χ1) is 8.22. The Kier molecular flexibility index (Phi) is 3.82. The lowest BCUT2D eigenvalue weighted by molar-refractivity contribution is 0.570. The first-order valence-electron chi connectivity index (χ1n) is 5.62. The van der Waals surface area contributed by atoms with Crippen LogP contribution in [0.4, 0.5) is 0 Å². The van der Waals surface area contributed by atoms with Crippen molar-refractivity contribution < 1.29 is 4.42 Å². The van der Waals surface area contributed by atoms with Crippen molar-refractivity contribution in [3.63, 3.8) is 0 Å². The van der Waals surface area contributed by atoms with Gasteiger partial charge in [-0.15, -0.1) is 0 Å². The minimum Gasteiger partial charge on any atom is -0.443 e. The molecule has 0 unspecified atom stereocenters. The molecule has 1 heterocycles. The van der Waals surface area contributed by atoms with Crippen LogP contribution < -0.4 is 5.32 Å². The molecular formula is C13H15ClN2O. The van der Waals surface area contributed by atoms with Crippen molar-refractivity contribution in [1.29, 1.82) is 0 Å². The van der Waals surface area contributed by atoms with E-state index in [1.165, 1.54) is 6.39 Å². The molecule has 0 atom stereocenters. The molecule has 0 saturated heterocycles. The van der Waals surface area contributed by atoms with E-state index in [2.05, 4.69) is 17.2 Å². The summed E-state index contributed by atoms with van der Waals surface area (Å²) in [6.45, 7) is 5.65. The molecule has 0 aliphatic carbocycles. The highest BCUT2D eigenvalue weighted by atomic mass is 35.5. The molecule has 0 fully saturated rings. The normalized spacial score (nSPS) is 10.8. The maximum atomic E-state index is 6.22. The van der Waals surface area contributed by atoms with E-state index in [0.29, 0.717) is 11.6 Å².